The van der Waals surface area contributed by atoms with Gasteiger partial charge in [-0.2, -0.15) is 0 Å². The first-order valence-corrected chi connectivity index (χ1v) is 12.4. The van der Waals surface area contributed by atoms with Crippen molar-refractivity contribution in [3.05, 3.63) is 36.0 Å². The van der Waals surface area contributed by atoms with Gasteiger partial charge in [-0.3, -0.25) is 24.0 Å². The fourth-order valence-corrected chi connectivity index (χ4v) is 4.58. The second-order valence-corrected chi connectivity index (χ2v) is 9.42. The van der Waals surface area contributed by atoms with E-state index in [4.69, 9.17) is 16.6 Å². The summed E-state index contributed by atoms with van der Waals surface area (Å²) in [6.45, 7) is 0.190. The molecule has 0 aliphatic carbocycles. The average Bonchev–Trinajstić information content (AvgIpc) is 3.53. The van der Waals surface area contributed by atoms with Gasteiger partial charge in [0.1, 0.15) is 18.1 Å². The van der Waals surface area contributed by atoms with Crippen molar-refractivity contribution in [2.45, 2.75) is 62.7 Å². The van der Waals surface area contributed by atoms with Crippen LogP contribution in [0.25, 0.3) is 10.9 Å². The lowest BCUT2D eigenvalue weighted by Crippen LogP contribution is -2.58. The maximum absolute atomic E-state index is 13.6. The van der Waals surface area contributed by atoms with Gasteiger partial charge in [-0.25, -0.2) is 4.79 Å². The van der Waals surface area contributed by atoms with Crippen LogP contribution in [0.3, 0.4) is 0 Å². The Hall–Kier alpha value is -4.46. The van der Waals surface area contributed by atoms with E-state index in [1.807, 2.05) is 24.3 Å². The van der Waals surface area contributed by atoms with Gasteiger partial charge in [0.2, 0.25) is 23.6 Å². The molecule has 2 heterocycles. The Labute approximate surface area is 223 Å². The number of nitrogens with one attached hydrogen (secondary N) is 3. The Morgan fingerprint density at radius 1 is 1.05 bits per heavy atom. The highest BCUT2D eigenvalue weighted by Gasteiger charge is 2.39. The van der Waals surface area contributed by atoms with Crippen molar-refractivity contribution < 1.29 is 39.0 Å². The molecule has 9 N–H and O–H groups in total. The summed E-state index contributed by atoms with van der Waals surface area (Å²) in [4.78, 5) is 77.8. The number of carbonyl (C=O) groups is 6. The third kappa shape index (κ3) is 7.54. The number of benzene rings is 1. The van der Waals surface area contributed by atoms with Crippen molar-refractivity contribution >= 4 is 46.5 Å². The molecular weight excluding hydrogens is 512 g/mol. The molecule has 3 rings (SSSR count). The van der Waals surface area contributed by atoms with Crippen LogP contribution < -0.4 is 22.1 Å². The maximum atomic E-state index is 13.6. The molecule has 1 aliphatic rings. The SMILES string of the molecule is NC(=O)CC(NC(=O)C(N)CCC(=O)O)C(=O)NC(Cc1c[nH]c2ccccc12)C(=O)N1CCCC1C(=O)O. The van der Waals surface area contributed by atoms with Gasteiger partial charge in [0.05, 0.1) is 12.5 Å². The molecule has 0 spiro atoms. The standard InChI is InChI=1S/C25H32N6O8/c26-15(7-8-21(33)34)22(35)29-17(11-20(27)32)23(36)30-18(24(37)31-9-3-6-19(31)25(38)39)10-13-12-28-16-5-2-1-4-14(13)16/h1-2,4-5,12,15,17-19,28H,3,6-11,26H2,(H2,27,32)(H,29,35)(H,30,36)(H,33,34)(H,38,39). The Balaban J connectivity index is 1.85. The molecule has 210 valence electrons. The van der Waals surface area contributed by atoms with Crippen molar-refractivity contribution in [2.75, 3.05) is 6.54 Å². The van der Waals surface area contributed by atoms with E-state index in [9.17, 15) is 33.9 Å². The van der Waals surface area contributed by atoms with Crippen LogP contribution in [0.15, 0.2) is 30.5 Å². The fraction of sp³-hybridized carbons (Fsp3) is 0.440. The highest BCUT2D eigenvalue weighted by atomic mass is 16.4. The molecule has 1 saturated heterocycles. The number of nitrogens with zero attached hydrogens (tertiary/aromatic N) is 1. The van der Waals surface area contributed by atoms with E-state index >= 15 is 0 Å². The molecule has 39 heavy (non-hydrogen) atoms. The molecular formula is C25H32N6O8. The van der Waals surface area contributed by atoms with E-state index in [-0.39, 0.29) is 32.2 Å². The number of hydrogen-bond acceptors (Lipinski definition) is 7. The van der Waals surface area contributed by atoms with Gasteiger partial charge in [-0.1, -0.05) is 18.2 Å². The van der Waals surface area contributed by atoms with Crippen LogP contribution in [0.5, 0.6) is 0 Å². The second-order valence-electron chi connectivity index (χ2n) is 9.42. The summed E-state index contributed by atoms with van der Waals surface area (Å²) in [6.07, 6.45) is 1.21. The first kappa shape index (κ1) is 29.1. The van der Waals surface area contributed by atoms with Crippen molar-refractivity contribution in [1.29, 1.82) is 0 Å². The molecule has 14 nitrogen and oxygen atoms in total. The number of aliphatic carboxylic acids is 2. The van der Waals surface area contributed by atoms with Crippen molar-refractivity contribution in [2.24, 2.45) is 11.5 Å². The summed E-state index contributed by atoms with van der Waals surface area (Å²) in [5.41, 5.74) is 12.5. The largest absolute Gasteiger partial charge is 0.481 e. The Morgan fingerprint density at radius 2 is 1.74 bits per heavy atom. The Bertz CT molecular complexity index is 1260. The van der Waals surface area contributed by atoms with Crippen molar-refractivity contribution in [1.82, 2.24) is 20.5 Å². The minimum Gasteiger partial charge on any atom is -0.481 e. The number of fused-ring (bicyclic) bond motifs is 1. The monoisotopic (exact) mass is 544 g/mol. The molecule has 1 aliphatic heterocycles. The number of aromatic amines is 1. The van der Waals surface area contributed by atoms with E-state index in [2.05, 4.69) is 15.6 Å². The topological polar surface area (TPSA) is 238 Å². The summed E-state index contributed by atoms with van der Waals surface area (Å²) in [5.74, 6) is -5.64. The number of carboxylic acid groups (broad SMARTS) is 2. The Kier molecular flexibility index (Phi) is 9.60. The molecule has 4 atom stereocenters. The Morgan fingerprint density at radius 3 is 2.41 bits per heavy atom. The van der Waals surface area contributed by atoms with E-state index in [1.54, 1.807) is 6.20 Å². The third-order valence-corrected chi connectivity index (χ3v) is 6.58. The van der Waals surface area contributed by atoms with Gasteiger partial charge in [0.15, 0.2) is 0 Å². The summed E-state index contributed by atoms with van der Waals surface area (Å²) in [5, 5.41) is 24.1. The first-order chi connectivity index (χ1) is 18.5. The van der Waals surface area contributed by atoms with Crippen LogP contribution in [0, 0.1) is 0 Å². The number of carbonyl (C=O) groups excluding carboxylic acids is 4. The number of aromatic nitrogens is 1. The highest BCUT2D eigenvalue weighted by Crippen LogP contribution is 2.23. The number of H-pyrrole nitrogens is 1. The molecule has 0 saturated carbocycles. The predicted molar refractivity (Wildman–Crippen MR) is 137 cm³/mol. The minimum atomic E-state index is -1.50. The highest BCUT2D eigenvalue weighted by molar-refractivity contribution is 5.97. The second kappa shape index (κ2) is 12.9. The number of amides is 4. The zero-order valence-electron chi connectivity index (χ0n) is 21.1. The van der Waals surface area contributed by atoms with Gasteiger partial charge in [-0.15, -0.1) is 0 Å². The lowest BCUT2D eigenvalue weighted by molar-refractivity contribution is -0.149. The van der Waals surface area contributed by atoms with Crippen LogP contribution in [-0.2, 0) is 35.2 Å². The molecule has 14 heteroatoms. The molecule has 4 unspecified atom stereocenters. The number of carboxylic acids is 2. The molecule has 2 aromatic rings. The van der Waals surface area contributed by atoms with Crippen LogP contribution in [-0.4, -0.2) is 86.4 Å². The molecule has 4 amide bonds. The number of likely N-dealkylation sites (tertiary alicyclic amines) is 1. The lowest BCUT2D eigenvalue weighted by atomic mass is 10.0. The van der Waals surface area contributed by atoms with Gasteiger partial charge in [0.25, 0.3) is 0 Å². The van der Waals surface area contributed by atoms with Crippen molar-refractivity contribution in [3.8, 4) is 0 Å². The van der Waals surface area contributed by atoms with E-state index in [1.165, 1.54) is 4.90 Å². The number of para-hydroxylation sites is 1. The quantitative estimate of drug-likeness (QED) is 0.160. The third-order valence-electron chi connectivity index (χ3n) is 6.58. The van der Waals surface area contributed by atoms with Gasteiger partial charge in [0, 0.05) is 36.5 Å². The molecule has 1 aromatic carbocycles. The molecule has 1 fully saturated rings. The summed E-state index contributed by atoms with van der Waals surface area (Å²) in [7, 11) is 0. The zero-order chi connectivity index (χ0) is 28.7. The van der Waals surface area contributed by atoms with Crippen LogP contribution >= 0.6 is 0 Å². The normalized spacial score (nSPS) is 17.3. The summed E-state index contributed by atoms with van der Waals surface area (Å²) < 4.78 is 0. The number of hydrogen-bond donors (Lipinski definition) is 7. The van der Waals surface area contributed by atoms with Crippen LogP contribution in [0.4, 0.5) is 0 Å². The lowest BCUT2D eigenvalue weighted by Gasteiger charge is -2.29. The average molecular weight is 545 g/mol. The number of rotatable bonds is 13. The molecule has 1 aromatic heterocycles. The number of nitrogens with two attached hydrogens (primary N) is 2. The minimum absolute atomic E-state index is 0.00715. The van der Waals surface area contributed by atoms with Crippen LogP contribution in [0.1, 0.15) is 37.7 Å². The fourth-order valence-electron chi connectivity index (χ4n) is 4.58. The summed E-state index contributed by atoms with van der Waals surface area (Å²) in [6, 6.07) is 2.25. The molecule has 0 radical (unpaired) electrons. The van der Waals surface area contributed by atoms with E-state index in [0.29, 0.717) is 12.0 Å². The van der Waals surface area contributed by atoms with Crippen molar-refractivity contribution in [3.63, 3.8) is 0 Å². The van der Waals surface area contributed by atoms with Gasteiger partial charge < -0.3 is 42.2 Å². The molecule has 0 bridgehead atoms. The van der Waals surface area contributed by atoms with Gasteiger partial charge in [-0.05, 0) is 30.9 Å². The predicted octanol–water partition coefficient (Wildman–Crippen LogP) is -1.18. The zero-order valence-corrected chi connectivity index (χ0v) is 21.1. The first-order valence-electron chi connectivity index (χ1n) is 12.4. The van der Waals surface area contributed by atoms with Crippen LogP contribution in [0.2, 0.25) is 0 Å². The van der Waals surface area contributed by atoms with E-state index < -0.39 is 66.2 Å². The smallest absolute Gasteiger partial charge is 0.326 e. The maximum Gasteiger partial charge on any atom is 0.326 e. The van der Waals surface area contributed by atoms with Gasteiger partial charge >= 0.3 is 11.9 Å². The van der Waals surface area contributed by atoms with E-state index in [0.717, 1.165) is 10.9 Å². The number of primary amides is 1. The summed E-state index contributed by atoms with van der Waals surface area (Å²) >= 11 is 0.